The first-order valence-corrected chi connectivity index (χ1v) is 8.51. The fraction of sp³-hybridized carbons (Fsp3) is 0.294. The molecule has 1 aliphatic rings. The number of aromatic hydroxyl groups is 1. The minimum Gasteiger partial charge on any atom is -0.508 e. The second-order valence-corrected chi connectivity index (χ2v) is 7.04. The van der Waals surface area contributed by atoms with E-state index < -0.39 is 0 Å². The second-order valence-electron chi connectivity index (χ2n) is 5.86. The minimum atomic E-state index is 0.187. The Bertz CT molecular complexity index is 627. The van der Waals surface area contributed by atoms with Gasteiger partial charge >= 0.3 is 0 Å². The van der Waals surface area contributed by atoms with Crippen LogP contribution in [0.3, 0.4) is 0 Å². The molecule has 1 aliphatic heterocycles. The first kappa shape index (κ1) is 18.3. The third kappa shape index (κ3) is 5.23. The lowest BCUT2D eigenvalue weighted by Crippen LogP contribution is -2.22. The molecule has 24 heavy (non-hydrogen) atoms. The molecule has 9 N–H and O–H groups in total. The maximum absolute atomic E-state index is 9.09. The van der Waals surface area contributed by atoms with Crippen molar-refractivity contribution in [3.63, 3.8) is 0 Å². The van der Waals surface area contributed by atoms with E-state index in [9.17, 15) is 0 Å². The van der Waals surface area contributed by atoms with Crippen molar-refractivity contribution >= 4 is 29.0 Å². The number of rotatable bonds is 2. The third-order valence-electron chi connectivity index (χ3n) is 3.70. The number of nitrogens with two attached hydrogens (primary N) is 4. The van der Waals surface area contributed by atoms with E-state index in [0.717, 1.165) is 30.8 Å². The molecule has 2 aromatic rings. The van der Waals surface area contributed by atoms with Crippen LogP contribution in [0.5, 0.6) is 5.75 Å². The average molecular weight is 347 g/mol. The van der Waals surface area contributed by atoms with E-state index >= 15 is 0 Å². The number of hydrogen-bond donors (Lipinski definition) is 5. The van der Waals surface area contributed by atoms with Crippen LogP contribution in [-0.4, -0.2) is 28.5 Å². The molecule has 1 saturated heterocycles. The standard InChI is InChI=1S/C10H15N3S.C7H10N2O/c11-8-1-3-10(4-2-8)14-13-6-5-9(12)7-13;1-4-2-5(8)6(9)3-7(4)10/h1-4,9H,5-7,11-12H2;2-3,10H,8-9H2,1H3. The monoisotopic (exact) mass is 347 g/mol. The predicted molar refractivity (Wildman–Crippen MR) is 103 cm³/mol. The zero-order valence-corrected chi connectivity index (χ0v) is 14.6. The van der Waals surface area contributed by atoms with E-state index in [1.165, 1.54) is 11.0 Å². The van der Waals surface area contributed by atoms with Crippen molar-refractivity contribution in [2.45, 2.75) is 24.3 Å². The van der Waals surface area contributed by atoms with Gasteiger partial charge in [0.05, 0.1) is 11.4 Å². The molecule has 2 aromatic carbocycles. The van der Waals surface area contributed by atoms with E-state index in [-0.39, 0.29) is 5.75 Å². The van der Waals surface area contributed by atoms with Crippen LogP contribution in [0.15, 0.2) is 41.3 Å². The van der Waals surface area contributed by atoms with Gasteiger partial charge in [0.15, 0.2) is 0 Å². The number of hydrogen-bond acceptors (Lipinski definition) is 7. The second kappa shape index (κ2) is 8.14. The zero-order chi connectivity index (χ0) is 17.7. The molecule has 7 heteroatoms. The van der Waals surface area contributed by atoms with Gasteiger partial charge in [0.25, 0.3) is 0 Å². The molecule has 0 aromatic heterocycles. The maximum atomic E-state index is 9.09. The minimum absolute atomic E-state index is 0.187. The Morgan fingerprint density at radius 1 is 1.08 bits per heavy atom. The van der Waals surface area contributed by atoms with Gasteiger partial charge in [-0.1, -0.05) is 0 Å². The van der Waals surface area contributed by atoms with Crippen molar-refractivity contribution in [3.05, 3.63) is 42.0 Å². The van der Waals surface area contributed by atoms with Crippen molar-refractivity contribution in [1.82, 2.24) is 4.31 Å². The van der Waals surface area contributed by atoms with Gasteiger partial charge in [-0.25, -0.2) is 4.31 Å². The highest BCUT2D eigenvalue weighted by molar-refractivity contribution is 7.97. The number of benzene rings is 2. The van der Waals surface area contributed by atoms with Gasteiger partial charge < -0.3 is 28.0 Å². The largest absolute Gasteiger partial charge is 0.508 e. The van der Waals surface area contributed by atoms with Gasteiger partial charge in [0.2, 0.25) is 0 Å². The van der Waals surface area contributed by atoms with E-state index in [4.69, 9.17) is 28.0 Å². The summed E-state index contributed by atoms with van der Waals surface area (Å²) in [7, 11) is 0. The van der Waals surface area contributed by atoms with Gasteiger partial charge in [0, 0.05) is 35.8 Å². The van der Waals surface area contributed by atoms with E-state index in [2.05, 4.69) is 4.31 Å². The van der Waals surface area contributed by atoms with Gasteiger partial charge in [-0.3, -0.25) is 0 Å². The van der Waals surface area contributed by atoms with Crippen LogP contribution in [0.1, 0.15) is 12.0 Å². The number of aryl methyl sites for hydroxylation is 1. The van der Waals surface area contributed by atoms with Crippen molar-refractivity contribution in [1.29, 1.82) is 0 Å². The molecule has 0 radical (unpaired) electrons. The fourth-order valence-electron chi connectivity index (χ4n) is 2.25. The van der Waals surface area contributed by atoms with Crippen molar-refractivity contribution < 1.29 is 5.11 Å². The quantitative estimate of drug-likeness (QED) is 0.320. The maximum Gasteiger partial charge on any atom is 0.120 e. The molecule has 1 atom stereocenters. The highest BCUT2D eigenvalue weighted by Crippen LogP contribution is 2.26. The third-order valence-corrected chi connectivity index (χ3v) is 4.78. The van der Waals surface area contributed by atoms with Gasteiger partial charge in [0.1, 0.15) is 5.75 Å². The van der Waals surface area contributed by atoms with E-state index in [0.29, 0.717) is 17.4 Å². The molecular formula is C17H25N5OS. The first-order valence-electron chi connectivity index (χ1n) is 7.73. The fourth-order valence-corrected chi connectivity index (χ4v) is 3.27. The number of nitrogen functional groups attached to an aromatic ring is 3. The lowest BCUT2D eigenvalue weighted by Gasteiger charge is -2.13. The Hall–Kier alpha value is -2.09. The van der Waals surface area contributed by atoms with Crippen LogP contribution < -0.4 is 22.9 Å². The van der Waals surface area contributed by atoms with E-state index in [1.54, 1.807) is 24.9 Å². The van der Waals surface area contributed by atoms with Gasteiger partial charge in [-0.05, 0) is 61.2 Å². The molecule has 6 nitrogen and oxygen atoms in total. The summed E-state index contributed by atoms with van der Waals surface area (Å²) in [5, 5.41) is 9.09. The van der Waals surface area contributed by atoms with Crippen LogP contribution in [0, 0.1) is 6.92 Å². The zero-order valence-electron chi connectivity index (χ0n) is 13.8. The smallest absolute Gasteiger partial charge is 0.120 e. The summed E-state index contributed by atoms with van der Waals surface area (Å²) in [6.07, 6.45) is 1.10. The normalized spacial score (nSPS) is 17.3. The topological polar surface area (TPSA) is 128 Å². The highest BCUT2D eigenvalue weighted by Gasteiger charge is 2.19. The first-order chi connectivity index (χ1) is 11.3. The Kier molecular flexibility index (Phi) is 6.19. The summed E-state index contributed by atoms with van der Waals surface area (Å²) in [6, 6.07) is 11.4. The highest BCUT2D eigenvalue weighted by atomic mass is 32.2. The summed E-state index contributed by atoms with van der Waals surface area (Å²) in [4.78, 5) is 1.23. The summed E-state index contributed by atoms with van der Waals surface area (Å²) < 4.78 is 2.30. The molecule has 1 fully saturated rings. The molecule has 0 aliphatic carbocycles. The van der Waals surface area contributed by atoms with Crippen molar-refractivity contribution in [3.8, 4) is 5.75 Å². The van der Waals surface area contributed by atoms with Crippen LogP contribution >= 0.6 is 11.9 Å². The molecule has 0 bridgehead atoms. The summed E-state index contributed by atoms with van der Waals surface area (Å²) >= 11 is 1.76. The van der Waals surface area contributed by atoms with Crippen molar-refractivity contribution in [2.75, 3.05) is 30.3 Å². The molecule has 1 unspecified atom stereocenters. The summed E-state index contributed by atoms with van der Waals surface area (Å²) in [5.74, 6) is 0.187. The Balaban J connectivity index is 0.000000185. The Morgan fingerprint density at radius 3 is 2.25 bits per heavy atom. The molecular weight excluding hydrogens is 322 g/mol. The molecule has 0 amide bonds. The molecule has 0 saturated carbocycles. The summed E-state index contributed by atoms with van der Waals surface area (Å²) in [5.41, 5.74) is 24.8. The van der Waals surface area contributed by atoms with Gasteiger partial charge in [-0.2, -0.15) is 0 Å². The van der Waals surface area contributed by atoms with E-state index in [1.807, 2.05) is 24.3 Å². The van der Waals surface area contributed by atoms with Crippen LogP contribution in [-0.2, 0) is 0 Å². The lowest BCUT2D eigenvalue weighted by atomic mass is 10.2. The number of nitrogens with zero attached hydrogens (tertiary/aromatic N) is 1. The molecule has 0 spiro atoms. The average Bonchev–Trinajstić information content (AvgIpc) is 2.94. The number of anilines is 3. The SMILES string of the molecule is Cc1cc(N)c(N)cc1O.Nc1ccc(SN2CCC(N)C2)cc1. The lowest BCUT2D eigenvalue weighted by molar-refractivity contribution is 0.471. The summed E-state index contributed by atoms with van der Waals surface area (Å²) in [6.45, 7) is 3.83. The number of phenols is 1. The molecule has 1 heterocycles. The number of phenolic OH excluding ortho intramolecular Hbond substituents is 1. The van der Waals surface area contributed by atoms with Crippen LogP contribution in [0.25, 0.3) is 0 Å². The molecule has 3 rings (SSSR count). The van der Waals surface area contributed by atoms with Crippen LogP contribution in [0.2, 0.25) is 0 Å². The Labute approximate surface area is 146 Å². The van der Waals surface area contributed by atoms with Gasteiger partial charge in [-0.15, -0.1) is 0 Å². The predicted octanol–water partition coefficient (Wildman–Crippen LogP) is 2.17. The van der Waals surface area contributed by atoms with Crippen LogP contribution in [0.4, 0.5) is 17.1 Å². The Morgan fingerprint density at radius 2 is 1.71 bits per heavy atom. The molecule has 130 valence electrons. The van der Waals surface area contributed by atoms with Crippen molar-refractivity contribution in [2.24, 2.45) is 5.73 Å².